The first-order chi connectivity index (χ1) is 11.7. The second-order valence-electron chi connectivity index (χ2n) is 6.16. The van der Waals surface area contributed by atoms with Gasteiger partial charge in [-0.25, -0.2) is 0 Å². The molecule has 0 N–H and O–H groups in total. The third-order valence-corrected chi connectivity index (χ3v) is 4.36. The number of fused-ring (bicyclic) bond motifs is 3. The molecule has 2 aromatic carbocycles. The van der Waals surface area contributed by atoms with E-state index in [4.69, 9.17) is 9.72 Å². The maximum Gasteiger partial charge on any atom is 0.315 e. The molecule has 0 amide bonds. The van der Waals surface area contributed by atoms with E-state index < -0.39 is 0 Å². The third kappa shape index (κ3) is 2.99. The molecule has 0 saturated carbocycles. The molecule has 0 aliphatic rings. The van der Waals surface area contributed by atoms with Gasteiger partial charge in [0.2, 0.25) is 0 Å². The summed E-state index contributed by atoms with van der Waals surface area (Å²) in [6.45, 7) is 6.40. The minimum atomic E-state index is -0.314. The largest absolute Gasteiger partial charge is 0.465 e. The van der Waals surface area contributed by atoms with Crippen molar-refractivity contribution in [2.75, 3.05) is 6.61 Å². The van der Waals surface area contributed by atoms with Crippen LogP contribution in [0.4, 0.5) is 0 Å². The maximum atomic E-state index is 12.5. The minimum Gasteiger partial charge on any atom is -0.465 e. The second-order valence-corrected chi connectivity index (χ2v) is 6.16. The van der Waals surface area contributed by atoms with Crippen LogP contribution in [-0.2, 0) is 9.53 Å². The average molecular weight is 321 g/mol. The normalized spacial score (nSPS) is 12.5. The Morgan fingerprint density at radius 1 is 1.08 bits per heavy atom. The summed E-state index contributed by atoms with van der Waals surface area (Å²) in [4.78, 5) is 17.4. The SMILES string of the molecule is CCC[C@H](C(=O)OCC)c1nc2ccc(C)cc2c2ccccc12. The second kappa shape index (κ2) is 7.00. The molecule has 3 rings (SSSR count). The number of pyridine rings is 1. The van der Waals surface area contributed by atoms with Crippen molar-refractivity contribution in [3.8, 4) is 0 Å². The number of carbonyl (C=O) groups excluding carboxylic acids is 1. The van der Waals surface area contributed by atoms with Crippen molar-refractivity contribution in [3.63, 3.8) is 0 Å². The lowest BCUT2D eigenvalue weighted by molar-refractivity contribution is -0.145. The topological polar surface area (TPSA) is 39.2 Å². The first-order valence-electron chi connectivity index (χ1n) is 8.61. The molecule has 0 aliphatic carbocycles. The van der Waals surface area contributed by atoms with Gasteiger partial charge in [0.05, 0.1) is 23.7 Å². The lowest BCUT2D eigenvalue weighted by Crippen LogP contribution is -2.17. The van der Waals surface area contributed by atoms with Crippen molar-refractivity contribution >= 4 is 27.6 Å². The van der Waals surface area contributed by atoms with Crippen LogP contribution in [0, 0.1) is 6.92 Å². The van der Waals surface area contributed by atoms with Crippen LogP contribution in [0.15, 0.2) is 42.5 Å². The Bertz CT molecular complexity index is 886. The van der Waals surface area contributed by atoms with Gasteiger partial charge in [-0.05, 0) is 37.8 Å². The summed E-state index contributed by atoms with van der Waals surface area (Å²) in [5, 5.41) is 3.32. The van der Waals surface area contributed by atoms with E-state index in [0.29, 0.717) is 6.61 Å². The number of rotatable bonds is 5. The molecular formula is C21H23NO2. The molecule has 3 aromatic rings. The summed E-state index contributed by atoms with van der Waals surface area (Å²) >= 11 is 0. The Balaban J connectivity index is 2.28. The molecule has 3 heteroatoms. The van der Waals surface area contributed by atoms with E-state index in [1.807, 2.05) is 25.1 Å². The van der Waals surface area contributed by atoms with Crippen LogP contribution in [0.2, 0.25) is 0 Å². The fourth-order valence-electron chi connectivity index (χ4n) is 3.26. The highest BCUT2D eigenvalue weighted by molar-refractivity contribution is 6.07. The van der Waals surface area contributed by atoms with Gasteiger partial charge >= 0.3 is 5.97 Å². The fourth-order valence-corrected chi connectivity index (χ4v) is 3.26. The van der Waals surface area contributed by atoms with Gasteiger partial charge in [0.25, 0.3) is 0 Å². The van der Waals surface area contributed by atoms with Crippen molar-refractivity contribution in [1.82, 2.24) is 4.98 Å². The van der Waals surface area contributed by atoms with Gasteiger partial charge in [-0.15, -0.1) is 0 Å². The molecule has 0 unspecified atom stereocenters. The Labute approximate surface area is 142 Å². The molecule has 0 bridgehead atoms. The standard InChI is InChI=1S/C21H23NO2/c1-4-8-17(21(23)24-5-2)20-16-10-7-6-9-15(16)18-13-14(3)11-12-19(18)22-20/h6-7,9-13,17H,4-5,8H2,1-3H3/t17-/m0/s1. The van der Waals surface area contributed by atoms with E-state index in [2.05, 4.69) is 38.1 Å². The first-order valence-corrected chi connectivity index (χ1v) is 8.61. The Morgan fingerprint density at radius 3 is 2.54 bits per heavy atom. The van der Waals surface area contributed by atoms with Crippen LogP contribution in [-0.4, -0.2) is 17.6 Å². The summed E-state index contributed by atoms with van der Waals surface area (Å²) in [6.07, 6.45) is 1.65. The number of hydrogen-bond acceptors (Lipinski definition) is 3. The van der Waals surface area contributed by atoms with Crippen LogP contribution in [0.25, 0.3) is 21.7 Å². The summed E-state index contributed by atoms with van der Waals surface area (Å²) in [6, 6.07) is 14.5. The van der Waals surface area contributed by atoms with Gasteiger partial charge in [-0.1, -0.05) is 49.2 Å². The Kier molecular flexibility index (Phi) is 4.79. The summed E-state index contributed by atoms with van der Waals surface area (Å²) < 4.78 is 5.31. The summed E-state index contributed by atoms with van der Waals surface area (Å²) in [7, 11) is 0. The van der Waals surface area contributed by atoms with Crippen LogP contribution in [0.3, 0.4) is 0 Å². The molecular weight excluding hydrogens is 298 g/mol. The van der Waals surface area contributed by atoms with E-state index in [-0.39, 0.29) is 11.9 Å². The van der Waals surface area contributed by atoms with Gasteiger partial charge in [-0.3, -0.25) is 9.78 Å². The number of ether oxygens (including phenoxy) is 1. The minimum absolute atomic E-state index is 0.177. The summed E-state index contributed by atoms with van der Waals surface area (Å²) in [5.41, 5.74) is 2.97. The zero-order valence-corrected chi connectivity index (χ0v) is 14.5. The lowest BCUT2D eigenvalue weighted by atomic mass is 9.93. The lowest BCUT2D eigenvalue weighted by Gasteiger charge is -2.18. The number of hydrogen-bond donors (Lipinski definition) is 0. The maximum absolute atomic E-state index is 12.5. The number of aryl methyl sites for hydroxylation is 1. The average Bonchev–Trinajstić information content (AvgIpc) is 2.59. The van der Waals surface area contributed by atoms with Crippen LogP contribution < -0.4 is 0 Å². The Morgan fingerprint density at radius 2 is 1.83 bits per heavy atom. The van der Waals surface area contributed by atoms with Gasteiger partial charge in [0.15, 0.2) is 0 Å². The number of benzene rings is 2. The molecule has 1 aromatic heterocycles. The molecule has 24 heavy (non-hydrogen) atoms. The highest BCUT2D eigenvalue weighted by Crippen LogP contribution is 2.33. The zero-order valence-electron chi connectivity index (χ0n) is 14.5. The van der Waals surface area contributed by atoms with Crippen LogP contribution in [0.1, 0.15) is 43.9 Å². The molecule has 3 nitrogen and oxygen atoms in total. The molecule has 1 heterocycles. The van der Waals surface area contributed by atoms with E-state index in [1.165, 1.54) is 5.56 Å². The van der Waals surface area contributed by atoms with Gasteiger partial charge in [0.1, 0.15) is 0 Å². The Hall–Kier alpha value is -2.42. The molecule has 0 fully saturated rings. The van der Waals surface area contributed by atoms with Crippen LogP contribution in [0.5, 0.6) is 0 Å². The highest BCUT2D eigenvalue weighted by atomic mass is 16.5. The fraction of sp³-hybridized carbons (Fsp3) is 0.333. The van der Waals surface area contributed by atoms with Crippen molar-refractivity contribution in [2.45, 2.75) is 39.5 Å². The van der Waals surface area contributed by atoms with Crippen molar-refractivity contribution < 1.29 is 9.53 Å². The molecule has 0 aliphatic heterocycles. The van der Waals surface area contributed by atoms with Gasteiger partial charge in [0, 0.05) is 10.8 Å². The first kappa shape index (κ1) is 16.4. The van der Waals surface area contributed by atoms with E-state index in [9.17, 15) is 4.79 Å². The van der Waals surface area contributed by atoms with E-state index in [0.717, 1.165) is 40.2 Å². The number of carbonyl (C=O) groups is 1. The zero-order chi connectivity index (χ0) is 17.1. The predicted octanol–water partition coefficient (Wildman–Crippen LogP) is 5.14. The van der Waals surface area contributed by atoms with Crippen molar-refractivity contribution in [1.29, 1.82) is 0 Å². The quantitative estimate of drug-likeness (QED) is 0.482. The number of esters is 1. The third-order valence-electron chi connectivity index (χ3n) is 4.36. The molecule has 0 spiro atoms. The van der Waals surface area contributed by atoms with Crippen molar-refractivity contribution in [3.05, 3.63) is 53.7 Å². The molecule has 0 saturated heterocycles. The summed E-state index contributed by atoms with van der Waals surface area (Å²) in [5.74, 6) is -0.492. The molecule has 124 valence electrons. The molecule has 1 atom stereocenters. The van der Waals surface area contributed by atoms with E-state index >= 15 is 0 Å². The van der Waals surface area contributed by atoms with E-state index in [1.54, 1.807) is 0 Å². The van der Waals surface area contributed by atoms with Crippen molar-refractivity contribution in [2.24, 2.45) is 0 Å². The van der Waals surface area contributed by atoms with Crippen LogP contribution >= 0.6 is 0 Å². The number of aromatic nitrogens is 1. The van der Waals surface area contributed by atoms with Gasteiger partial charge < -0.3 is 4.74 Å². The smallest absolute Gasteiger partial charge is 0.315 e. The monoisotopic (exact) mass is 321 g/mol. The number of nitrogens with zero attached hydrogens (tertiary/aromatic N) is 1. The van der Waals surface area contributed by atoms with Gasteiger partial charge in [-0.2, -0.15) is 0 Å². The molecule has 0 radical (unpaired) electrons. The highest BCUT2D eigenvalue weighted by Gasteiger charge is 2.25. The predicted molar refractivity (Wildman–Crippen MR) is 98.3 cm³/mol.